The lowest BCUT2D eigenvalue weighted by atomic mass is 10.2. The summed E-state index contributed by atoms with van der Waals surface area (Å²) in [6, 6.07) is 7.03. The van der Waals surface area contributed by atoms with Gasteiger partial charge in [-0.1, -0.05) is 6.07 Å². The predicted octanol–water partition coefficient (Wildman–Crippen LogP) is 4.03. The molecule has 0 atom stereocenters. The van der Waals surface area contributed by atoms with Crippen molar-refractivity contribution in [1.82, 2.24) is 0 Å². The van der Waals surface area contributed by atoms with Crippen molar-refractivity contribution in [2.45, 2.75) is 26.8 Å². The van der Waals surface area contributed by atoms with Crippen molar-refractivity contribution in [1.29, 1.82) is 0 Å². The third kappa shape index (κ3) is 5.23. The molecule has 0 aliphatic rings. The Balaban J connectivity index is 3.04. The van der Waals surface area contributed by atoms with E-state index in [0.29, 0.717) is 19.8 Å². The Labute approximate surface area is 144 Å². The summed E-state index contributed by atoms with van der Waals surface area (Å²) < 4.78 is 20.2. The van der Waals surface area contributed by atoms with Crippen LogP contribution in [0.2, 0.25) is 0 Å². The molecule has 0 heterocycles. The average molecular weight is 506 g/mol. The SMILES string of the molecule is CCO[Si](Cc1c(I)cccc1I)(OCC)OCC. The highest BCUT2D eigenvalue weighted by atomic mass is 127. The van der Waals surface area contributed by atoms with Gasteiger partial charge < -0.3 is 13.3 Å². The molecule has 0 aliphatic heterocycles. The Morgan fingerprint density at radius 3 is 1.68 bits per heavy atom. The summed E-state index contributed by atoms with van der Waals surface area (Å²) >= 11 is 4.72. The highest BCUT2D eigenvalue weighted by Crippen LogP contribution is 2.25. The molecule has 0 saturated heterocycles. The molecule has 0 fully saturated rings. The maximum absolute atomic E-state index is 5.91. The standard InChI is InChI=1S/C13H20I2O3Si/c1-4-16-19(17-5-2,18-6-3)10-11-12(14)8-7-9-13(11)15/h7-9H,4-6,10H2,1-3H3. The zero-order valence-electron chi connectivity index (χ0n) is 11.5. The molecule has 0 aliphatic carbocycles. The van der Waals surface area contributed by atoms with Crippen LogP contribution in [0.25, 0.3) is 0 Å². The third-order valence-corrected chi connectivity index (χ3v) is 7.54. The van der Waals surface area contributed by atoms with E-state index in [-0.39, 0.29) is 0 Å². The van der Waals surface area contributed by atoms with Crippen LogP contribution in [0.15, 0.2) is 18.2 Å². The van der Waals surface area contributed by atoms with E-state index in [1.165, 1.54) is 12.7 Å². The Morgan fingerprint density at radius 1 is 0.895 bits per heavy atom. The van der Waals surface area contributed by atoms with Crippen LogP contribution in [0.1, 0.15) is 26.3 Å². The van der Waals surface area contributed by atoms with Crippen LogP contribution in [0, 0.1) is 7.14 Å². The molecule has 0 bridgehead atoms. The van der Waals surface area contributed by atoms with Gasteiger partial charge in [-0.05, 0) is 83.6 Å². The van der Waals surface area contributed by atoms with Crippen LogP contribution in [0.3, 0.4) is 0 Å². The van der Waals surface area contributed by atoms with Gasteiger partial charge in [-0.2, -0.15) is 0 Å². The minimum Gasteiger partial charge on any atom is -0.374 e. The molecule has 3 nitrogen and oxygen atoms in total. The highest BCUT2D eigenvalue weighted by Gasteiger charge is 2.41. The molecule has 0 radical (unpaired) electrons. The summed E-state index contributed by atoms with van der Waals surface area (Å²) in [5.74, 6) is 0. The molecule has 1 aromatic carbocycles. The van der Waals surface area contributed by atoms with Crippen LogP contribution in [-0.4, -0.2) is 28.6 Å². The number of rotatable bonds is 8. The van der Waals surface area contributed by atoms with Crippen molar-refractivity contribution >= 4 is 54.0 Å². The maximum Gasteiger partial charge on any atom is 0.505 e. The minimum atomic E-state index is -2.61. The Bertz CT molecular complexity index is 364. The second kappa shape index (κ2) is 8.93. The van der Waals surface area contributed by atoms with Crippen LogP contribution < -0.4 is 0 Å². The van der Waals surface area contributed by atoms with E-state index in [1.807, 2.05) is 20.8 Å². The zero-order chi connectivity index (χ0) is 14.3. The monoisotopic (exact) mass is 506 g/mol. The molecule has 0 aromatic heterocycles. The largest absolute Gasteiger partial charge is 0.505 e. The summed E-state index contributed by atoms with van der Waals surface area (Å²) in [6.07, 6.45) is 0. The van der Waals surface area contributed by atoms with E-state index in [1.54, 1.807) is 0 Å². The Morgan fingerprint density at radius 2 is 1.32 bits per heavy atom. The van der Waals surface area contributed by atoms with Gasteiger partial charge in [-0.25, -0.2) is 0 Å². The molecular weight excluding hydrogens is 486 g/mol. The lowest BCUT2D eigenvalue weighted by molar-refractivity contribution is 0.0703. The van der Waals surface area contributed by atoms with E-state index in [9.17, 15) is 0 Å². The van der Waals surface area contributed by atoms with Crippen LogP contribution in [0.4, 0.5) is 0 Å². The van der Waals surface area contributed by atoms with Crippen molar-refractivity contribution in [2.75, 3.05) is 19.8 Å². The van der Waals surface area contributed by atoms with E-state index >= 15 is 0 Å². The van der Waals surface area contributed by atoms with Gasteiger partial charge in [0.2, 0.25) is 0 Å². The van der Waals surface area contributed by atoms with Gasteiger partial charge in [-0.15, -0.1) is 0 Å². The lowest BCUT2D eigenvalue weighted by Crippen LogP contribution is -2.49. The number of hydrogen-bond donors (Lipinski definition) is 0. The van der Waals surface area contributed by atoms with Gasteiger partial charge in [-0.3, -0.25) is 0 Å². The molecule has 0 spiro atoms. The highest BCUT2D eigenvalue weighted by molar-refractivity contribution is 14.1. The predicted molar refractivity (Wildman–Crippen MR) is 96.2 cm³/mol. The molecule has 0 N–H and O–H groups in total. The summed E-state index contributed by atoms with van der Waals surface area (Å²) in [6.45, 7) is 7.81. The fraction of sp³-hybridized carbons (Fsp3) is 0.538. The first-order chi connectivity index (χ1) is 9.08. The second-order valence-electron chi connectivity index (χ2n) is 3.86. The lowest BCUT2D eigenvalue weighted by Gasteiger charge is -2.29. The van der Waals surface area contributed by atoms with Crippen molar-refractivity contribution in [3.05, 3.63) is 30.9 Å². The number of halogens is 2. The summed E-state index contributed by atoms with van der Waals surface area (Å²) in [7, 11) is -2.61. The number of hydrogen-bond acceptors (Lipinski definition) is 3. The average Bonchev–Trinajstić information content (AvgIpc) is 2.35. The second-order valence-corrected chi connectivity index (χ2v) is 8.77. The Hall–Kier alpha value is 0.777. The Kier molecular flexibility index (Phi) is 8.38. The first-order valence-electron chi connectivity index (χ1n) is 6.43. The maximum atomic E-state index is 5.91. The minimum absolute atomic E-state index is 0.617. The fourth-order valence-corrected chi connectivity index (χ4v) is 7.16. The van der Waals surface area contributed by atoms with Crippen molar-refractivity contribution in [2.24, 2.45) is 0 Å². The van der Waals surface area contributed by atoms with Gasteiger partial charge in [0.25, 0.3) is 0 Å². The summed E-state index contributed by atoms with van der Waals surface area (Å²) in [5, 5.41) is 0. The first kappa shape index (κ1) is 17.8. The summed E-state index contributed by atoms with van der Waals surface area (Å²) in [4.78, 5) is 0. The summed E-state index contributed by atoms with van der Waals surface area (Å²) in [5.41, 5.74) is 1.27. The molecule has 0 amide bonds. The van der Waals surface area contributed by atoms with E-state index in [4.69, 9.17) is 13.3 Å². The molecule has 1 aromatic rings. The van der Waals surface area contributed by atoms with Crippen molar-refractivity contribution in [3.8, 4) is 0 Å². The first-order valence-corrected chi connectivity index (χ1v) is 10.5. The molecule has 1 rings (SSSR count). The normalized spacial score (nSPS) is 11.8. The molecule has 6 heteroatoms. The van der Waals surface area contributed by atoms with E-state index in [0.717, 1.165) is 6.04 Å². The van der Waals surface area contributed by atoms with Gasteiger partial charge >= 0.3 is 8.80 Å². The quantitative estimate of drug-likeness (QED) is 0.394. The third-order valence-electron chi connectivity index (χ3n) is 2.55. The van der Waals surface area contributed by atoms with Crippen molar-refractivity contribution < 1.29 is 13.3 Å². The molecule has 0 saturated carbocycles. The van der Waals surface area contributed by atoms with Gasteiger partial charge in [0.05, 0.1) is 0 Å². The van der Waals surface area contributed by atoms with E-state index in [2.05, 4.69) is 63.4 Å². The van der Waals surface area contributed by atoms with Crippen LogP contribution in [0.5, 0.6) is 0 Å². The zero-order valence-corrected chi connectivity index (χ0v) is 16.9. The van der Waals surface area contributed by atoms with E-state index < -0.39 is 8.80 Å². The van der Waals surface area contributed by atoms with Crippen LogP contribution in [-0.2, 0) is 19.3 Å². The van der Waals surface area contributed by atoms with Crippen LogP contribution >= 0.6 is 45.2 Å². The molecular formula is C13H20I2O3Si. The molecule has 19 heavy (non-hydrogen) atoms. The molecule has 0 unspecified atom stereocenters. The topological polar surface area (TPSA) is 27.7 Å². The van der Waals surface area contributed by atoms with Gasteiger partial charge in [0.15, 0.2) is 0 Å². The fourth-order valence-electron chi connectivity index (χ4n) is 1.86. The van der Waals surface area contributed by atoms with Gasteiger partial charge in [0.1, 0.15) is 0 Å². The van der Waals surface area contributed by atoms with Crippen molar-refractivity contribution in [3.63, 3.8) is 0 Å². The number of benzene rings is 1. The van der Waals surface area contributed by atoms with Gasteiger partial charge in [0, 0.05) is 33.0 Å². The molecule has 108 valence electrons. The smallest absolute Gasteiger partial charge is 0.374 e.